The maximum Gasteiger partial charge on any atom is 0.409 e. The number of anilines is 1. The van der Waals surface area contributed by atoms with Crippen LogP contribution in [0.3, 0.4) is 0 Å². The number of aromatic nitrogens is 2. The van der Waals surface area contributed by atoms with Crippen molar-refractivity contribution in [2.45, 2.75) is 45.5 Å². The van der Waals surface area contributed by atoms with Gasteiger partial charge in [-0.1, -0.05) is 20.8 Å². The van der Waals surface area contributed by atoms with Crippen LogP contribution < -0.4 is 15.6 Å². The fraction of sp³-hybridized carbons (Fsp3) is 0.423. The van der Waals surface area contributed by atoms with Gasteiger partial charge < -0.3 is 15.0 Å². The molecule has 1 amide bonds. The molecule has 3 aromatic rings. The Morgan fingerprint density at radius 1 is 1.10 bits per heavy atom. The Morgan fingerprint density at radius 2 is 1.69 bits per heavy atom. The molecule has 0 radical (unpaired) electrons. The standard InChI is InChI=1S/C26H26F6N4O3/c1-24(2,3)23(26(30,31)32)34-22(38)15-10-36(19-16(28)8-13(27)9-17(19)29)21-14(20(15)37)6-7-18(33-21)35-11-25(4,12-35)39-5/h6-10,23H,11-12H2,1-5H3,(H,34,38). The highest BCUT2D eigenvalue weighted by Gasteiger charge is 2.48. The zero-order chi connectivity index (χ0) is 29.1. The molecule has 3 heterocycles. The first-order valence-corrected chi connectivity index (χ1v) is 11.8. The molecule has 1 aliphatic rings. The lowest BCUT2D eigenvalue weighted by molar-refractivity contribution is -0.174. The minimum atomic E-state index is -4.86. The van der Waals surface area contributed by atoms with Crippen LogP contribution in [0.2, 0.25) is 0 Å². The Bertz CT molecular complexity index is 1470. The Morgan fingerprint density at radius 3 is 2.21 bits per heavy atom. The van der Waals surface area contributed by atoms with E-state index in [2.05, 4.69) is 4.98 Å². The summed E-state index contributed by atoms with van der Waals surface area (Å²) in [7, 11) is 1.54. The summed E-state index contributed by atoms with van der Waals surface area (Å²) < 4.78 is 90.7. The van der Waals surface area contributed by atoms with Crippen molar-refractivity contribution in [2.24, 2.45) is 5.41 Å². The van der Waals surface area contributed by atoms with Gasteiger partial charge in [0.15, 0.2) is 17.3 Å². The molecule has 0 bridgehead atoms. The van der Waals surface area contributed by atoms with Crippen LogP contribution in [-0.2, 0) is 4.74 Å². The van der Waals surface area contributed by atoms with Gasteiger partial charge in [-0.15, -0.1) is 0 Å². The second kappa shape index (κ2) is 9.54. The average molecular weight is 557 g/mol. The molecule has 210 valence electrons. The van der Waals surface area contributed by atoms with E-state index in [1.807, 2.05) is 12.2 Å². The van der Waals surface area contributed by atoms with Crippen LogP contribution in [0, 0.1) is 22.9 Å². The number of hydrogen-bond donors (Lipinski definition) is 1. The van der Waals surface area contributed by atoms with E-state index in [0.717, 1.165) is 4.57 Å². The number of ether oxygens (including phenoxy) is 1. The summed E-state index contributed by atoms with van der Waals surface area (Å²) >= 11 is 0. The van der Waals surface area contributed by atoms with E-state index in [-0.39, 0.29) is 11.0 Å². The zero-order valence-electron chi connectivity index (χ0n) is 21.7. The summed E-state index contributed by atoms with van der Waals surface area (Å²) in [5, 5.41) is 1.54. The van der Waals surface area contributed by atoms with Gasteiger partial charge in [-0.3, -0.25) is 14.2 Å². The lowest BCUT2D eigenvalue weighted by Crippen LogP contribution is -2.61. The molecule has 0 saturated carbocycles. The van der Waals surface area contributed by atoms with Crippen molar-refractivity contribution in [1.82, 2.24) is 14.9 Å². The fourth-order valence-electron chi connectivity index (χ4n) is 4.52. The number of carbonyl (C=O) groups excluding carboxylic acids is 1. The second-order valence-electron chi connectivity index (χ2n) is 10.8. The number of halogens is 6. The van der Waals surface area contributed by atoms with Gasteiger partial charge in [-0.25, -0.2) is 18.2 Å². The van der Waals surface area contributed by atoms with E-state index in [1.165, 1.54) is 32.9 Å². The van der Waals surface area contributed by atoms with Gasteiger partial charge in [0.05, 0.1) is 11.0 Å². The van der Waals surface area contributed by atoms with Crippen LogP contribution in [-0.4, -0.2) is 53.5 Å². The lowest BCUT2D eigenvalue weighted by atomic mass is 9.86. The van der Waals surface area contributed by atoms with Gasteiger partial charge in [0.1, 0.15) is 28.9 Å². The van der Waals surface area contributed by atoms with Crippen molar-refractivity contribution in [2.75, 3.05) is 25.1 Å². The molecular weight excluding hydrogens is 530 g/mol. The predicted molar refractivity (Wildman–Crippen MR) is 132 cm³/mol. The molecule has 1 aliphatic heterocycles. The molecule has 4 rings (SSSR count). The SMILES string of the molecule is COC1(C)CN(c2ccc3c(=O)c(C(=O)NC(C(C)(C)C)C(F)(F)F)cn(-c4c(F)cc(F)cc4F)c3n2)C1. The molecule has 1 atom stereocenters. The molecule has 1 saturated heterocycles. The van der Waals surface area contributed by atoms with E-state index in [4.69, 9.17) is 4.74 Å². The number of methoxy groups -OCH3 is 1. The van der Waals surface area contributed by atoms with Crippen molar-refractivity contribution < 1.29 is 35.9 Å². The number of rotatable bonds is 5. The first-order chi connectivity index (χ1) is 17.9. The fourth-order valence-corrected chi connectivity index (χ4v) is 4.52. The molecule has 0 aliphatic carbocycles. The van der Waals surface area contributed by atoms with Crippen LogP contribution >= 0.6 is 0 Å². The van der Waals surface area contributed by atoms with E-state index in [0.29, 0.717) is 37.2 Å². The maximum atomic E-state index is 14.9. The number of benzene rings is 1. The normalized spacial score (nSPS) is 16.2. The van der Waals surface area contributed by atoms with Gasteiger partial charge in [-0.2, -0.15) is 13.2 Å². The molecule has 13 heteroatoms. The highest BCUT2D eigenvalue weighted by Crippen LogP contribution is 2.34. The monoisotopic (exact) mass is 556 g/mol. The van der Waals surface area contributed by atoms with Gasteiger partial charge >= 0.3 is 6.18 Å². The summed E-state index contributed by atoms with van der Waals surface area (Å²) in [5.41, 5.74) is -4.91. The Kier molecular flexibility index (Phi) is 6.95. The molecular formula is C26H26F6N4O3. The maximum absolute atomic E-state index is 14.9. The van der Waals surface area contributed by atoms with E-state index >= 15 is 0 Å². The van der Waals surface area contributed by atoms with Crippen molar-refractivity contribution in [3.05, 3.63) is 63.7 Å². The summed E-state index contributed by atoms with van der Waals surface area (Å²) in [6.07, 6.45) is -4.15. The molecule has 1 N–H and O–H groups in total. The first kappa shape index (κ1) is 28.4. The molecule has 7 nitrogen and oxygen atoms in total. The van der Waals surface area contributed by atoms with Gasteiger partial charge in [0.25, 0.3) is 5.91 Å². The molecule has 39 heavy (non-hydrogen) atoms. The van der Waals surface area contributed by atoms with Crippen LogP contribution in [0.15, 0.2) is 35.3 Å². The highest BCUT2D eigenvalue weighted by molar-refractivity contribution is 5.97. The van der Waals surface area contributed by atoms with Gasteiger partial charge in [-0.05, 0) is 24.5 Å². The number of nitrogens with zero attached hydrogens (tertiary/aromatic N) is 3. The van der Waals surface area contributed by atoms with Gasteiger partial charge in [0.2, 0.25) is 5.43 Å². The Balaban J connectivity index is 1.92. The van der Waals surface area contributed by atoms with Crippen LogP contribution in [0.5, 0.6) is 0 Å². The van der Waals surface area contributed by atoms with Crippen molar-refractivity contribution >= 4 is 22.8 Å². The molecule has 1 fully saturated rings. The number of pyridine rings is 2. The summed E-state index contributed by atoms with van der Waals surface area (Å²) in [6.45, 7) is 6.45. The number of fused-ring (bicyclic) bond motifs is 1. The molecule has 1 unspecified atom stereocenters. The van der Waals surface area contributed by atoms with E-state index in [1.54, 1.807) is 12.0 Å². The van der Waals surface area contributed by atoms with Crippen LogP contribution in [0.25, 0.3) is 16.7 Å². The summed E-state index contributed by atoms with van der Waals surface area (Å²) in [5.74, 6) is -5.07. The third-order valence-corrected chi connectivity index (χ3v) is 6.64. The smallest absolute Gasteiger partial charge is 0.375 e. The number of carbonyl (C=O) groups is 1. The lowest BCUT2D eigenvalue weighted by Gasteiger charge is -2.47. The van der Waals surface area contributed by atoms with E-state index < -0.39 is 63.3 Å². The summed E-state index contributed by atoms with van der Waals surface area (Å²) in [4.78, 5) is 32.5. The third kappa shape index (κ3) is 5.32. The quantitative estimate of drug-likeness (QED) is 0.460. The first-order valence-electron chi connectivity index (χ1n) is 11.8. The topological polar surface area (TPSA) is 76.5 Å². The minimum absolute atomic E-state index is 0.285. The van der Waals surface area contributed by atoms with Crippen molar-refractivity contribution in [1.29, 1.82) is 0 Å². The molecule has 1 aromatic carbocycles. The highest BCUT2D eigenvalue weighted by atomic mass is 19.4. The number of amides is 1. The van der Waals surface area contributed by atoms with E-state index in [9.17, 15) is 35.9 Å². The Hall–Kier alpha value is -3.61. The molecule has 2 aromatic heterocycles. The van der Waals surface area contributed by atoms with Crippen molar-refractivity contribution in [3.63, 3.8) is 0 Å². The zero-order valence-corrected chi connectivity index (χ0v) is 21.7. The van der Waals surface area contributed by atoms with Crippen LogP contribution in [0.4, 0.5) is 32.2 Å². The summed E-state index contributed by atoms with van der Waals surface area (Å²) in [6, 6.07) is 1.15. The Labute approximate surface area is 219 Å². The number of alkyl halides is 3. The predicted octanol–water partition coefficient (Wildman–Crippen LogP) is 4.73. The number of hydrogen-bond acceptors (Lipinski definition) is 5. The van der Waals surface area contributed by atoms with Crippen molar-refractivity contribution in [3.8, 4) is 5.69 Å². The van der Waals surface area contributed by atoms with Crippen LogP contribution in [0.1, 0.15) is 38.1 Å². The largest absolute Gasteiger partial charge is 0.409 e. The minimum Gasteiger partial charge on any atom is -0.375 e. The molecule has 0 spiro atoms. The number of nitrogens with one attached hydrogen (secondary N) is 1. The van der Waals surface area contributed by atoms with Gasteiger partial charge in [0, 0.05) is 38.5 Å². The second-order valence-corrected chi connectivity index (χ2v) is 10.8. The average Bonchev–Trinajstić information content (AvgIpc) is 2.79. The third-order valence-electron chi connectivity index (χ3n) is 6.64.